The van der Waals surface area contributed by atoms with E-state index < -0.39 is 46.8 Å². The highest BCUT2D eigenvalue weighted by Crippen LogP contribution is 2.41. The highest BCUT2D eigenvalue weighted by atomic mass is 32.2. The predicted molar refractivity (Wildman–Crippen MR) is 177 cm³/mol. The van der Waals surface area contributed by atoms with Crippen LogP contribution >= 0.6 is 0 Å². The fraction of sp³-hybridized carbons (Fsp3) is 0.611. The van der Waals surface area contributed by atoms with Crippen molar-refractivity contribution in [1.29, 1.82) is 0 Å². The molecule has 0 aromatic heterocycles. The minimum absolute atomic E-state index is 0.0156. The Hall–Kier alpha value is -2.15. The van der Waals surface area contributed by atoms with Crippen LogP contribution in [0.4, 0.5) is 0 Å². The monoisotopic (exact) mass is 660 g/mol. The van der Waals surface area contributed by atoms with Gasteiger partial charge in [-0.2, -0.15) is 0 Å². The van der Waals surface area contributed by atoms with Gasteiger partial charge in [0.15, 0.2) is 9.84 Å². The molecular formula is C36H52O9S. The lowest BCUT2D eigenvalue weighted by atomic mass is 9.83. The van der Waals surface area contributed by atoms with E-state index in [2.05, 4.69) is 26.7 Å². The lowest BCUT2D eigenvalue weighted by Gasteiger charge is -2.38. The summed E-state index contributed by atoms with van der Waals surface area (Å²) in [6.45, 7) is 15.0. The second kappa shape index (κ2) is 17.3. The molecule has 46 heavy (non-hydrogen) atoms. The topological polar surface area (TPSA) is 121 Å². The number of aliphatic hydroxyl groups is 2. The molecule has 2 N–H and O–H groups in total. The third-order valence-corrected chi connectivity index (χ3v) is 11.2. The number of rotatable bonds is 17. The van der Waals surface area contributed by atoms with Gasteiger partial charge in [0.2, 0.25) is 0 Å². The Balaban J connectivity index is 1.42. The standard InChI is InChI=1S/C36H52O9S/c1-6-16-42-17-10-11-28-19-25(3)32(43-28)15-14-29-18-24(2)26(4)33(44-29)21-34-31(23-46(39,40)30-12-8-7-9-13-30)36(41-5)35(45-34)20-27(38)22-37/h6-13,24,27-29,31-38H,1,3-4,14-23H2,2,5H3/b11-10+/t24-,27+,28+,29+,31?,32?,33?,34+,35?,36-/m1/s1. The zero-order valence-electron chi connectivity index (χ0n) is 27.2. The van der Waals surface area contributed by atoms with Crippen molar-refractivity contribution in [3.05, 3.63) is 79.4 Å². The first-order valence-corrected chi connectivity index (χ1v) is 18.0. The van der Waals surface area contributed by atoms with E-state index in [9.17, 15) is 18.6 Å². The molecule has 0 aliphatic carbocycles. The molecule has 10 heteroatoms. The number of methoxy groups -OCH3 is 1. The zero-order valence-corrected chi connectivity index (χ0v) is 28.1. The molecule has 3 aliphatic rings. The minimum atomic E-state index is -3.66. The number of ether oxygens (including phenoxy) is 5. The summed E-state index contributed by atoms with van der Waals surface area (Å²) in [5.74, 6) is -0.484. The molecule has 9 nitrogen and oxygen atoms in total. The Labute approximate surface area is 274 Å². The van der Waals surface area contributed by atoms with Crippen molar-refractivity contribution in [2.24, 2.45) is 11.8 Å². The smallest absolute Gasteiger partial charge is 0.178 e. The fourth-order valence-corrected chi connectivity index (χ4v) is 8.57. The van der Waals surface area contributed by atoms with Crippen molar-refractivity contribution >= 4 is 9.84 Å². The molecule has 4 unspecified atom stereocenters. The summed E-state index contributed by atoms with van der Waals surface area (Å²) >= 11 is 0. The second-order valence-corrected chi connectivity index (χ2v) is 14.8. The van der Waals surface area contributed by atoms with Gasteiger partial charge < -0.3 is 33.9 Å². The van der Waals surface area contributed by atoms with E-state index in [0.29, 0.717) is 19.6 Å². The van der Waals surface area contributed by atoms with Crippen LogP contribution in [-0.4, -0.2) is 100 Å². The lowest BCUT2D eigenvalue weighted by molar-refractivity contribution is -0.0785. The molecule has 3 fully saturated rings. The van der Waals surface area contributed by atoms with E-state index in [1.54, 1.807) is 36.4 Å². The Morgan fingerprint density at radius 1 is 1.07 bits per heavy atom. The highest BCUT2D eigenvalue weighted by molar-refractivity contribution is 7.91. The zero-order chi connectivity index (χ0) is 33.3. The van der Waals surface area contributed by atoms with Gasteiger partial charge in [0.1, 0.15) is 0 Å². The van der Waals surface area contributed by atoms with Gasteiger partial charge in [-0.15, -0.1) is 6.58 Å². The average Bonchev–Trinajstić information content (AvgIpc) is 3.55. The lowest BCUT2D eigenvalue weighted by Crippen LogP contribution is -2.40. The summed E-state index contributed by atoms with van der Waals surface area (Å²) in [6, 6.07) is 8.37. The number of hydrogen-bond donors (Lipinski definition) is 2. The largest absolute Gasteiger partial charge is 0.394 e. The normalized spacial score (nSPS) is 32.7. The van der Waals surface area contributed by atoms with Crippen LogP contribution in [-0.2, 0) is 33.5 Å². The van der Waals surface area contributed by atoms with Gasteiger partial charge >= 0.3 is 0 Å². The van der Waals surface area contributed by atoms with Crippen LogP contribution in [0.2, 0.25) is 0 Å². The van der Waals surface area contributed by atoms with Gasteiger partial charge in [0.25, 0.3) is 0 Å². The number of aliphatic hydroxyl groups excluding tert-OH is 2. The van der Waals surface area contributed by atoms with Crippen molar-refractivity contribution in [2.75, 3.05) is 32.7 Å². The summed E-state index contributed by atoms with van der Waals surface area (Å²) < 4.78 is 57.6. The maximum atomic E-state index is 13.5. The molecule has 0 bridgehead atoms. The van der Waals surface area contributed by atoms with Crippen molar-refractivity contribution in [2.45, 2.75) is 99.2 Å². The Kier molecular flexibility index (Phi) is 13.8. The Morgan fingerprint density at radius 3 is 2.52 bits per heavy atom. The van der Waals surface area contributed by atoms with Crippen LogP contribution in [0.1, 0.15) is 45.4 Å². The molecule has 3 saturated heterocycles. The van der Waals surface area contributed by atoms with Gasteiger partial charge in [-0.25, -0.2) is 8.42 Å². The van der Waals surface area contributed by atoms with Gasteiger partial charge in [-0.3, -0.25) is 0 Å². The molecule has 256 valence electrons. The number of benzene rings is 1. The molecule has 1 aromatic rings. The molecule has 10 atom stereocenters. The van der Waals surface area contributed by atoms with Crippen LogP contribution < -0.4 is 0 Å². The SMILES string of the molecule is C=CCOC/C=C/[C@H]1CC(=C)C(CC[C@H]2C[C@@H](C)C(=C)C(C[C@@H]3OC(C[C@H](O)CO)[C@H](OC)C3CS(=O)(=O)c3ccccc3)O2)O1. The average molecular weight is 661 g/mol. The van der Waals surface area contributed by atoms with Crippen LogP contribution in [0.15, 0.2) is 84.3 Å². The molecule has 0 saturated carbocycles. The first kappa shape index (κ1) is 36.7. The third kappa shape index (κ3) is 9.70. The maximum Gasteiger partial charge on any atom is 0.178 e. The Morgan fingerprint density at radius 2 is 1.83 bits per heavy atom. The molecule has 1 aromatic carbocycles. The molecule has 0 amide bonds. The Bertz CT molecular complexity index is 1280. The van der Waals surface area contributed by atoms with E-state index in [1.807, 2.05) is 12.2 Å². The second-order valence-electron chi connectivity index (χ2n) is 12.8. The summed E-state index contributed by atoms with van der Waals surface area (Å²) in [7, 11) is -2.14. The first-order valence-electron chi connectivity index (χ1n) is 16.3. The van der Waals surface area contributed by atoms with Gasteiger partial charge in [0.05, 0.1) is 79.3 Å². The molecule has 0 radical (unpaired) electrons. The van der Waals surface area contributed by atoms with Crippen LogP contribution in [0, 0.1) is 11.8 Å². The van der Waals surface area contributed by atoms with Crippen molar-refractivity contribution in [3.8, 4) is 0 Å². The van der Waals surface area contributed by atoms with Crippen molar-refractivity contribution in [3.63, 3.8) is 0 Å². The molecule has 3 aliphatic heterocycles. The molecule has 0 spiro atoms. The number of sulfone groups is 1. The molecule has 3 heterocycles. The maximum absolute atomic E-state index is 13.5. The van der Waals surface area contributed by atoms with Crippen LogP contribution in [0.5, 0.6) is 0 Å². The number of hydrogen-bond acceptors (Lipinski definition) is 9. The summed E-state index contributed by atoms with van der Waals surface area (Å²) in [6.07, 6.45) is 6.34. The van der Waals surface area contributed by atoms with Gasteiger partial charge in [-0.05, 0) is 48.5 Å². The third-order valence-electron chi connectivity index (χ3n) is 9.39. The summed E-state index contributed by atoms with van der Waals surface area (Å²) in [5, 5.41) is 19.7. The molecule has 4 rings (SSSR count). The van der Waals surface area contributed by atoms with Crippen molar-refractivity contribution < 1.29 is 42.3 Å². The van der Waals surface area contributed by atoms with E-state index in [0.717, 1.165) is 36.8 Å². The van der Waals surface area contributed by atoms with E-state index in [4.69, 9.17) is 23.7 Å². The quantitative estimate of drug-likeness (QED) is 0.183. The summed E-state index contributed by atoms with van der Waals surface area (Å²) in [5.41, 5.74) is 2.04. The van der Waals surface area contributed by atoms with E-state index in [1.165, 1.54) is 7.11 Å². The minimum Gasteiger partial charge on any atom is -0.394 e. The van der Waals surface area contributed by atoms with Gasteiger partial charge in [-0.1, -0.05) is 56.5 Å². The van der Waals surface area contributed by atoms with Gasteiger partial charge in [0, 0.05) is 32.3 Å². The van der Waals surface area contributed by atoms with E-state index in [-0.39, 0.29) is 47.4 Å². The highest BCUT2D eigenvalue weighted by Gasteiger charge is 2.49. The van der Waals surface area contributed by atoms with Crippen LogP contribution in [0.25, 0.3) is 0 Å². The van der Waals surface area contributed by atoms with Crippen molar-refractivity contribution in [1.82, 2.24) is 0 Å². The fourth-order valence-electron chi connectivity index (χ4n) is 6.90. The van der Waals surface area contributed by atoms with Crippen LogP contribution in [0.3, 0.4) is 0 Å². The predicted octanol–water partition coefficient (Wildman–Crippen LogP) is 4.59. The summed E-state index contributed by atoms with van der Waals surface area (Å²) in [4.78, 5) is 0.240. The van der Waals surface area contributed by atoms with E-state index >= 15 is 0 Å². The molecular weight excluding hydrogens is 608 g/mol. The first-order chi connectivity index (χ1) is 22.1.